The second-order valence-electron chi connectivity index (χ2n) is 4.44. The molecular weight excluding hydrogens is 323 g/mol. The molecule has 0 atom stereocenters. The number of rotatable bonds is 4. The van der Waals surface area contributed by atoms with Gasteiger partial charge in [0.1, 0.15) is 0 Å². The van der Waals surface area contributed by atoms with Gasteiger partial charge in [0.05, 0.1) is 0 Å². The molecule has 0 aliphatic heterocycles. The van der Waals surface area contributed by atoms with E-state index in [4.69, 9.17) is 0 Å². The van der Waals surface area contributed by atoms with E-state index in [2.05, 4.69) is 11.3 Å². The highest BCUT2D eigenvalue weighted by Crippen LogP contribution is 2.52. The quantitative estimate of drug-likeness (QED) is 0.439. The molecule has 0 aliphatic carbocycles. The fourth-order valence-electron chi connectivity index (χ4n) is 1.30. The zero-order chi connectivity index (χ0) is 17.4. The molecule has 0 spiro atoms. The summed E-state index contributed by atoms with van der Waals surface area (Å²) < 4.78 is 117. The molecule has 0 amide bonds. The summed E-state index contributed by atoms with van der Waals surface area (Å²) in [5.74, 6) is -14.8. The highest BCUT2D eigenvalue weighted by atomic mass is 19.4. The largest absolute Gasteiger partial charge is 0.448 e. The van der Waals surface area contributed by atoms with E-state index < -0.39 is 41.6 Å². The topological polar surface area (TPSA) is 26.3 Å². The molecule has 11 heteroatoms. The number of carbonyl (C=O) groups excluding carboxylic acids is 1. The lowest BCUT2D eigenvalue weighted by Gasteiger charge is -2.39. The van der Waals surface area contributed by atoms with Crippen molar-refractivity contribution in [3.8, 4) is 0 Å². The molecule has 0 aliphatic rings. The van der Waals surface area contributed by atoms with Gasteiger partial charge in [0.15, 0.2) is 5.60 Å². The first-order valence-corrected chi connectivity index (χ1v) is 5.03. The maximum absolute atomic E-state index is 13.6. The Kier molecular flexibility index (Phi) is 5.04. The Morgan fingerprint density at radius 1 is 0.952 bits per heavy atom. The summed E-state index contributed by atoms with van der Waals surface area (Å²) in [6.45, 7) is 2.52. The van der Waals surface area contributed by atoms with Crippen LogP contribution in [0.1, 0.15) is 13.8 Å². The molecule has 0 rings (SSSR count). The molecule has 2 nitrogen and oxygen atoms in total. The standard InChI is InChI=1S/C10H9F9O2/c1-4(11)5(20)21-7(2,3)8(12,13)6(9(14,15)16)10(17,18)19/h6H,1H2,2-3H3. The minimum atomic E-state index is -6.36. The minimum absolute atomic E-state index is 0.0956. The van der Waals surface area contributed by atoms with Crippen molar-refractivity contribution >= 4 is 5.97 Å². The van der Waals surface area contributed by atoms with E-state index >= 15 is 0 Å². The number of esters is 1. The van der Waals surface area contributed by atoms with Crippen LogP contribution in [0.5, 0.6) is 0 Å². The minimum Gasteiger partial charge on any atom is -0.448 e. The van der Waals surface area contributed by atoms with E-state index in [1.807, 2.05) is 0 Å². The third-order valence-corrected chi connectivity index (χ3v) is 2.39. The third kappa shape index (κ3) is 4.27. The number of hydrogen-bond donors (Lipinski definition) is 0. The molecule has 0 N–H and O–H groups in total. The monoisotopic (exact) mass is 332 g/mol. The van der Waals surface area contributed by atoms with Gasteiger partial charge in [0.25, 0.3) is 0 Å². The lowest BCUT2D eigenvalue weighted by atomic mass is 9.87. The van der Waals surface area contributed by atoms with Crippen LogP contribution < -0.4 is 0 Å². The molecule has 0 bridgehead atoms. The van der Waals surface area contributed by atoms with Gasteiger partial charge in [-0.15, -0.1) is 0 Å². The van der Waals surface area contributed by atoms with Crippen molar-refractivity contribution in [2.24, 2.45) is 5.92 Å². The van der Waals surface area contributed by atoms with Crippen molar-refractivity contribution in [2.75, 3.05) is 0 Å². The van der Waals surface area contributed by atoms with Crippen molar-refractivity contribution in [1.29, 1.82) is 0 Å². The summed E-state index contributed by atoms with van der Waals surface area (Å²) >= 11 is 0. The first-order chi connectivity index (χ1) is 8.94. The predicted molar refractivity (Wildman–Crippen MR) is 51.0 cm³/mol. The number of hydrogen-bond acceptors (Lipinski definition) is 2. The van der Waals surface area contributed by atoms with Crippen molar-refractivity contribution < 1.29 is 49.0 Å². The SMILES string of the molecule is C=C(F)C(=O)OC(C)(C)C(F)(F)C(C(F)(F)F)C(F)(F)F. The summed E-state index contributed by atoms with van der Waals surface area (Å²) in [5, 5.41) is 0. The fraction of sp³-hybridized carbons (Fsp3) is 0.700. The van der Waals surface area contributed by atoms with E-state index in [0.717, 1.165) is 0 Å². The van der Waals surface area contributed by atoms with Crippen LogP contribution in [-0.2, 0) is 9.53 Å². The molecule has 0 unspecified atom stereocenters. The Morgan fingerprint density at radius 3 is 1.52 bits per heavy atom. The first kappa shape index (κ1) is 19.6. The second-order valence-corrected chi connectivity index (χ2v) is 4.44. The molecule has 0 saturated carbocycles. The molecule has 0 radical (unpaired) electrons. The Labute approximate surface area is 112 Å². The zero-order valence-corrected chi connectivity index (χ0v) is 10.5. The van der Waals surface area contributed by atoms with Gasteiger partial charge in [0, 0.05) is 0 Å². The predicted octanol–water partition coefficient (Wildman–Crippen LogP) is 4.17. The van der Waals surface area contributed by atoms with Crippen molar-refractivity contribution in [3.63, 3.8) is 0 Å². The maximum atomic E-state index is 13.6. The number of halogens is 9. The second kappa shape index (κ2) is 5.41. The van der Waals surface area contributed by atoms with Gasteiger partial charge < -0.3 is 4.74 Å². The summed E-state index contributed by atoms with van der Waals surface area (Å²) in [5.41, 5.74) is -3.59. The zero-order valence-electron chi connectivity index (χ0n) is 10.5. The van der Waals surface area contributed by atoms with E-state index in [1.54, 1.807) is 0 Å². The highest BCUT2D eigenvalue weighted by Gasteiger charge is 2.74. The average molecular weight is 332 g/mol. The molecule has 0 aromatic carbocycles. The Bertz CT molecular complexity index is 405. The molecule has 0 aromatic heterocycles. The van der Waals surface area contributed by atoms with Crippen LogP contribution in [0.3, 0.4) is 0 Å². The van der Waals surface area contributed by atoms with Gasteiger partial charge in [-0.05, 0) is 13.8 Å². The number of alkyl halides is 8. The van der Waals surface area contributed by atoms with Gasteiger partial charge in [-0.1, -0.05) is 6.58 Å². The van der Waals surface area contributed by atoms with Crippen LogP contribution in [0.15, 0.2) is 12.4 Å². The molecule has 0 fully saturated rings. The van der Waals surface area contributed by atoms with Crippen LogP contribution >= 0.6 is 0 Å². The normalized spacial score (nSPS) is 14.3. The summed E-state index contributed by atoms with van der Waals surface area (Å²) in [6, 6.07) is 0. The van der Waals surface area contributed by atoms with Gasteiger partial charge in [-0.25, -0.2) is 13.6 Å². The van der Waals surface area contributed by atoms with Gasteiger partial charge in [-0.3, -0.25) is 0 Å². The van der Waals surface area contributed by atoms with Crippen LogP contribution in [0.25, 0.3) is 0 Å². The number of ether oxygens (including phenoxy) is 1. The Balaban J connectivity index is 5.78. The van der Waals surface area contributed by atoms with Crippen LogP contribution in [-0.4, -0.2) is 29.8 Å². The van der Waals surface area contributed by atoms with E-state index in [0.29, 0.717) is 0 Å². The molecule has 21 heavy (non-hydrogen) atoms. The fourth-order valence-corrected chi connectivity index (χ4v) is 1.30. The summed E-state index contributed by atoms with van der Waals surface area (Å²) in [4.78, 5) is 10.7. The smallest absolute Gasteiger partial charge is 0.406 e. The van der Waals surface area contributed by atoms with Crippen molar-refractivity contribution in [3.05, 3.63) is 12.4 Å². The van der Waals surface area contributed by atoms with Crippen molar-refractivity contribution in [1.82, 2.24) is 0 Å². The maximum Gasteiger partial charge on any atom is 0.406 e. The van der Waals surface area contributed by atoms with Gasteiger partial charge in [0.2, 0.25) is 11.7 Å². The van der Waals surface area contributed by atoms with E-state index in [1.165, 1.54) is 0 Å². The van der Waals surface area contributed by atoms with Crippen LogP contribution in [0.2, 0.25) is 0 Å². The third-order valence-electron chi connectivity index (χ3n) is 2.39. The van der Waals surface area contributed by atoms with Crippen molar-refractivity contribution in [2.45, 2.75) is 37.7 Å². The molecule has 0 saturated heterocycles. The highest BCUT2D eigenvalue weighted by molar-refractivity contribution is 5.85. The van der Waals surface area contributed by atoms with Crippen LogP contribution in [0, 0.1) is 5.92 Å². The summed E-state index contributed by atoms with van der Waals surface area (Å²) in [7, 11) is 0. The Morgan fingerprint density at radius 2 is 1.29 bits per heavy atom. The average Bonchev–Trinajstić information content (AvgIpc) is 2.09. The molecule has 0 aromatic rings. The Hall–Kier alpha value is -1.42. The lowest BCUT2D eigenvalue weighted by molar-refractivity contribution is -0.363. The van der Waals surface area contributed by atoms with E-state index in [-0.39, 0.29) is 13.8 Å². The van der Waals surface area contributed by atoms with E-state index in [9.17, 15) is 44.3 Å². The molecule has 124 valence electrons. The number of carbonyl (C=O) groups is 1. The summed E-state index contributed by atoms with van der Waals surface area (Å²) in [6.07, 6.45) is -12.7. The lowest BCUT2D eigenvalue weighted by Crippen LogP contribution is -2.60. The van der Waals surface area contributed by atoms with Crippen LogP contribution in [0.4, 0.5) is 39.5 Å². The molecule has 0 heterocycles. The van der Waals surface area contributed by atoms with Gasteiger partial charge in [-0.2, -0.15) is 30.7 Å². The molecular formula is C10H9F9O2. The first-order valence-electron chi connectivity index (χ1n) is 5.03. The van der Waals surface area contributed by atoms with Gasteiger partial charge >= 0.3 is 24.2 Å².